The van der Waals surface area contributed by atoms with Gasteiger partial charge in [-0.3, -0.25) is 10.1 Å². The second kappa shape index (κ2) is 5.20. The van der Waals surface area contributed by atoms with Crippen LogP contribution < -0.4 is 9.88 Å². The molecule has 0 fully saturated rings. The second-order valence-corrected chi connectivity index (χ2v) is 7.43. The Morgan fingerprint density at radius 2 is 2.00 bits per heavy atom. The van der Waals surface area contributed by atoms with Gasteiger partial charge in [-0.05, 0) is 44.1 Å². The van der Waals surface area contributed by atoms with Gasteiger partial charge in [0.1, 0.15) is 5.01 Å². The number of thiazole rings is 1. The van der Waals surface area contributed by atoms with Gasteiger partial charge in [0, 0.05) is 11.0 Å². The first-order chi connectivity index (χ1) is 9.95. The number of thiophene rings is 1. The van der Waals surface area contributed by atoms with Gasteiger partial charge >= 0.3 is 0 Å². The summed E-state index contributed by atoms with van der Waals surface area (Å²) in [5.41, 5.74) is 2.12. The zero-order valence-corrected chi connectivity index (χ0v) is 13.6. The van der Waals surface area contributed by atoms with Crippen molar-refractivity contribution in [3.05, 3.63) is 48.8 Å². The van der Waals surface area contributed by atoms with Gasteiger partial charge in [0.25, 0.3) is 5.70 Å². The molecule has 2 aromatic rings. The van der Waals surface area contributed by atoms with Crippen LogP contribution in [0, 0.1) is 17.0 Å². The third kappa shape index (κ3) is 2.56. The van der Waals surface area contributed by atoms with E-state index in [1.54, 1.807) is 28.7 Å². The summed E-state index contributed by atoms with van der Waals surface area (Å²) >= 11 is 3.35. The number of nitrogens with zero attached hydrogens (tertiary/aromatic N) is 2. The van der Waals surface area contributed by atoms with Crippen LogP contribution in [-0.4, -0.2) is 9.91 Å². The smallest absolute Gasteiger partial charge is 0.250 e. The molecule has 1 aliphatic rings. The monoisotopic (exact) mass is 318 g/mol. The molecule has 0 aliphatic heterocycles. The average molecular weight is 318 g/mol. The molecule has 108 valence electrons. The first-order valence-corrected chi connectivity index (χ1v) is 8.18. The first-order valence-electron chi connectivity index (χ1n) is 6.55. The quantitative estimate of drug-likeness (QED) is 0.631. The summed E-state index contributed by atoms with van der Waals surface area (Å²) in [4.78, 5) is 17.9. The Morgan fingerprint density at radius 3 is 2.62 bits per heavy atom. The van der Waals surface area contributed by atoms with Crippen molar-refractivity contribution < 1.29 is 4.92 Å². The predicted molar refractivity (Wildman–Crippen MR) is 87.3 cm³/mol. The summed E-state index contributed by atoms with van der Waals surface area (Å²) < 4.78 is 1.07. The summed E-state index contributed by atoms with van der Waals surface area (Å²) in [5, 5.41) is 12.9. The summed E-state index contributed by atoms with van der Waals surface area (Å²) in [6.07, 6.45) is 2.03. The fourth-order valence-electron chi connectivity index (χ4n) is 2.37. The van der Waals surface area contributed by atoms with Crippen molar-refractivity contribution in [3.8, 4) is 9.88 Å². The van der Waals surface area contributed by atoms with Gasteiger partial charge in [0.15, 0.2) is 0 Å². The molecule has 0 atom stereocenters. The highest BCUT2D eigenvalue weighted by Gasteiger charge is 2.18. The SMILES string of the molecule is CC1=c2nc(-c3ccc(C)s3)sc2=C(C)CC([N+](=O)[O-])=C1. The van der Waals surface area contributed by atoms with E-state index in [1.165, 1.54) is 4.88 Å². The van der Waals surface area contributed by atoms with Crippen LogP contribution >= 0.6 is 22.7 Å². The van der Waals surface area contributed by atoms with Crippen LogP contribution in [-0.2, 0) is 0 Å². The molecule has 0 radical (unpaired) electrons. The van der Waals surface area contributed by atoms with Crippen LogP contribution in [0.3, 0.4) is 0 Å². The minimum atomic E-state index is -0.299. The molecule has 6 heteroatoms. The Morgan fingerprint density at radius 1 is 1.24 bits per heavy atom. The fourth-order valence-corrected chi connectivity index (χ4v) is 4.42. The van der Waals surface area contributed by atoms with Crippen LogP contribution in [0.4, 0.5) is 0 Å². The molecule has 0 saturated carbocycles. The van der Waals surface area contributed by atoms with Crippen molar-refractivity contribution in [1.29, 1.82) is 0 Å². The molecule has 0 unspecified atom stereocenters. The highest BCUT2D eigenvalue weighted by Crippen LogP contribution is 2.28. The molecule has 1 aliphatic carbocycles. The topological polar surface area (TPSA) is 56.0 Å². The molecule has 0 amide bonds. The van der Waals surface area contributed by atoms with Gasteiger partial charge in [-0.25, -0.2) is 4.98 Å². The molecule has 4 nitrogen and oxygen atoms in total. The third-order valence-electron chi connectivity index (χ3n) is 3.40. The molecular weight excluding hydrogens is 304 g/mol. The maximum atomic E-state index is 11.1. The second-order valence-electron chi connectivity index (χ2n) is 5.14. The molecule has 2 heterocycles. The Kier molecular flexibility index (Phi) is 3.51. The number of fused-ring (bicyclic) bond motifs is 1. The van der Waals surface area contributed by atoms with Gasteiger partial charge in [-0.1, -0.05) is 0 Å². The van der Waals surface area contributed by atoms with Crippen molar-refractivity contribution in [3.63, 3.8) is 0 Å². The van der Waals surface area contributed by atoms with Crippen LogP contribution in [0.2, 0.25) is 0 Å². The summed E-state index contributed by atoms with van der Waals surface area (Å²) in [6, 6.07) is 4.17. The van der Waals surface area contributed by atoms with E-state index in [1.807, 2.05) is 13.8 Å². The third-order valence-corrected chi connectivity index (χ3v) is 5.79. The van der Waals surface area contributed by atoms with Gasteiger partial charge in [0.2, 0.25) is 0 Å². The number of hydrogen-bond acceptors (Lipinski definition) is 5. The van der Waals surface area contributed by atoms with E-state index in [0.29, 0.717) is 6.42 Å². The molecule has 0 spiro atoms. The number of rotatable bonds is 2. The van der Waals surface area contributed by atoms with Gasteiger partial charge in [-0.15, -0.1) is 22.7 Å². The lowest BCUT2D eigenvalue weighted by atomic mass is 10.2. The fraction of sp³-hybridized carbons (Fsp3) is 0.267. The van der Waals surface area contributed by atoms with Crippen molar-refractivity contribution in [2.45, 2.75) is 27.2 Å². The lowest BCUT2D eigenvalue weighted by Crippen LogP contribution is -2.24. The number of hydrogen-bond donors (Lipinski definition) is 0. The summed E-state index contributed by atoms with van der Waals surface area (Å²) in [7, 11) is 0. The van der Waals surface area contributed by atoms with E-state index in [0.717, 1.165) is 30.9 Å². The molecule has 0 N–H and O–H groups in total. The number of nitro groups is 1. The zero-order chi connectivity index (χ0) is 15.1. The van der Waals surface area contributed by atoms with Crippen LogP contribution in [0.15, 0.2) is 23.9 Å². The van der Waals surface area contributed by atoms with Crippen LogP contribution in [0.25, 0.3) is 21.0 Å². The molecule has 2 aromatic heterocycles. The van der Waals surface area contributed by atoms with E-state index >= 15 is 0 Å². The van der Waals surface area contributed by atoms with Gasteiger partial charge < -0.3 is 0 Å². The summed E-state index contributed by atoms with van der Waals surface area (Å²) in [5.74, 6) is 0. The van der Waals surface area contributed by atoms with E-state index in [-0.39, 0.29) is 10.6 Å². The largest absolute Gasteiger partial charge is 0.259 e. The Bertz CT molecular complexity index is 887. The maximum absolute atomic E-state index is 11.1. The maximum Gasteiger partial charge on any atom is 0.250 e. The molecule has 0 saturated heterocycles. The number of allylic oxidation sites excluding steroid dienone is 2. The van der Waals surface area contributed by atoms with Crippen molar-refractivity contribution >= 4 is 33.8 Å². The van der Waals surface area contributed by atoms with Crippen molar-refractivity contribution in [1.82, 2.24) is 4.98 Å². The van der Waals surface area contributed by atoms with Gasteiger partial charge in [0.05, 0.1) is 26.1 Å². The molecule has 21 heavy (non-hydrogen) atoms. The standard InChI is InChI=1S/C15H14N2O2S2/c1-8-6-11(17(18)19)7-9(2)14-13(8)16-15(21-14)12-5-4-10(3)20-12/h4-6H,7H2,1-3H3. The highest BCUT2D eigenvalue weighted by atomic mass is 32.1. The van der Waals surface area contributed by atoms with E-state index in [4.69, 9.17) is 4.98 Å². The van der Waals surface area contributed by atoms with Gasteiger partial charge in [-0.2, -0.15) is 0 Å². The minimum Gasteiger partial charge on any atom is -0.259 e. The lowest BCUT2D eigenvalue weighted by Gasteiger charge is -1.96. The van der Waals surface area contributed by atoms with E-state index < -0.39 is 0 Å². The van der Waals surface area contributed by atoms with E-state index in [2.05, 4.69) is 19.1 Å². The predicted octanol–water partition coefficient (Wildman–Crippen LogP) is 3.09. The zero-order valence-electron chi connectivity index (χ0n) is 12.0. The van der Waals surface area contributed by atoms with E-state index in [9.17, 15) is 10.1 Å². The number of aromatic nitrogens is 1. The minimum absolute atomic E-state index is 0.240. The summed E-state index contributed by atoms with van der Waals surface area (Å²) in [6.45, 7) is 5.92. The molecule has 3 rings (SSSR count). The molecule has 0 bridgehead atoms. The molecule has 0 aromatic carbocycles. The Balaban J connectivity index is 2.25. The average Bonchev–Trinajstić information content (AvgIpc) is 3.01. The lowest BCUT2D eigenvalue weighted by molar-refractivity contribution is -0.426. The first kappa shape index (κ1) is 14.2. The Hall–Kier alpha value is -1.79. The van der Waals surface area contributed by atoms with Crippen LogP contribution in [0.5, 0.6) is 0 Å². The normalized spacial score (nSPS) is 14.7. The van der Waals surface area contributed by atoms with Crippen molar-refractivity contribution in [2.75, 3.05) is 0 Å². The highest BCUT2D eigenvalue weighted by molar-refractivity contribution is 7.21. The molecular formula is C15H14N2O2S2. The van der Waals surface area contributed by atoms with Crippen LogP contribution in [0.1, 0.15) is 25.1 Å². The number of aryl methyl sites for hydroxylation is 1. The van der Waals surface area contributed by atoms with Crippen molar-refractivity contribution in [2.24, 2.45) is 0 Å². The Labute approximate surface area is 129 Å².